The summed E-state index contributed by atoms with van der Waals surface area (Å²) in [6.45, 7) is 1.78. The van der Waals surface area contributed by atoms with Gasteiger partial charge in [0.05, 0.1) is 16.4 Å². The SMILES string of the molecule is CCOC(=O)[C@H](Nc1ccc(S(N)(=O)=O)cc1[N+](=O)[O-])c1ccccc1. The van der Waals surface area contributed by atoms with E-state index in [1.54, 1.807) is 37.3 Å². The number of nitrogens with one attached hydrogen (secondary N) is 1. The predicted molar refractivity (Wildman–Crippen MR) is 93.9 cm³/mol. The number of nitrogens with two attached hydrogens (primary N) is 1. The van der Waals surface area contributed by atoms with Gasteiger partial charge in [0.15, 0.2) is 6.04 Å². The fourth-order valence-electron chi connectivity index (χ4n) is 2.27. The lowest BCUT2D eigenvalue weighted by atomic mass is 10.1. The first-order valence-electron chi connectivity index (χ1n) is 7.53. The summed E-state index contributed by atoms with van der Waals surface area (Å²) in [7, 11) is -4.11. The first-order valence-corrected chi connectivity index (χ1v) is 9.08. The minimum atomic E-state index is -4.11. The maximum atomic E-state index is 12.3. The molecule has 138 valence electrons. The van der Waals surface area contributed by atoms with Crippen LogP contribution in [0.15, 0.2) is 53.4 Å². The fourth-order valence-corrected chi connectivity index (χ4v) is 2.80. The zero-order chi connectivity index (χ0) is 19.3. The lowest BCUT2D eigenvalue weighted by Gasteiger charge is -2.19. The van der Waals surface area contributed by atoms with E-state index >= 15 is 0 Å². The van der Waals surface area contributed by atoms with Gasteiger partial charge in [-0.05, 0) is 24.6 Å². The van der Waals surface area contributed by atoms with Gasteiger partial charge in [0.25, 0.3) is 5.69 Å². The van der Waals surface area contributed by atoms with Crippen molar-refractivity contribution < 1.29 is 22.9 Å². The summed E-state index contributed by atoms with van der Waals surface area (Å²) in [6, 6.07) is 10.7. The van der Waals surface area contributed by atoms with Crippen LogP contribution in [0.3, 0.4) is 0 Å². The fraction of sp³-hybridized carbons (Fsp3) is 0.188. The van der Waals surface area contributed by atoms with Crippen molar-refractivity contribution in [1.82, 2.24) is 0 Å². The van der Waals surface area contributed by atoms with E-state index in [0.29, 0.717) is 5.56 Å². The van der Waals surface area contributed by atoms with E-state index in [4.69, 9.17) is 9.88 Å². The molecule has 0 aliphatic carbocycles. The Hall–Kier alpha value is -2.98. The average Bonchev–Trinajstić information content (AvgIpc) is 2.59. The standard InChI is InChI=1S/C16H17N3O6S/c1-2-25-16(20)15(11-6-4-3-5-7-11)18-13-9-8-12(26(17,23)24)10-14(13)19(21)22/h3-10,15,18H,2H2,1H3,(H2,17,23,24)/t15-/m1/s1. The predicted octanol–water partition coefficient (Wildman–Crippen LogP) is 1.96. The highest BCUT2D eigenvalue weighted by molar-refractivity contribution is 7.89. The van der Waals surface area contributed by atoms with Crippen molar-refractivity contribution in [1.29, 1.82) is 0 Å². The zero-order valence-electron chi connectivity index (χ0n) is 13.8. The number of esters is 1. The van der Waals surface area contributed by atoms with Crippen molar-refractivity contribution in [2.45, 2.75) is 17.9 Å². The van der Waals surface area contributed by atoms with Gasteiger partial charge in [-0.3, -0.25) is 10.1 Å². The van der Waals surface area contributed by atoms with E-state index in [2.05, 4.69) is 5.32 Å². The highest BCUT2D eigenvalue weighted by atomic mass is 32.2. The second-order valence-electron chi connectivity index (χ2n) is 5.22. The number of hydrogen-bond donors (Lipinski definition) is 2. The number of sulfonamides is 1. The van der Waals surface area contributed by atoms with Crippen LogP contribution < -0.4 is 10.5 Å². The summed E-state index contributed by atoms with van der Waals surface area (Å²) < 4.78 is 27.9. The normalized spacial score (nSPS) is 12.2. The number of nitro groups is 1. The maximum absolute atomic E-state index is 12.3. The smallest absolute Gasteiger partial charge is 0.333 e. The third kappa shape index (κ3) is 4.55. The number of ether oxygens (including phenoxy) is 1. The Morgan fingerprint density at radius 1 is 1.27 bits per heavy atom. The molecule has 0 heterocycles. The lowest BCUT2D eigenvalue weighted by Crippen LogP contribution is -2.24. The molecule has 0 aliphatic rings. The van der Waals surface area contributed by atoms with Crippen molar-refractivity contribution >= 4 is 27.4 Å². The molecule has 1 atom stereocenters. The molecule has 0 aliphatic heterocycles. The summed E-state index contributed by atoms with van der Waals surface area (Å²) in [5, 5.41) is 19.1. The first kappa shape index (κ1) is 19.3. The third-order valence-corrected chi connectivity index (χ3v) is 4.36. The van der Waals surface area contributed by atoms with Gasteiger partial charge in [0.2, 0.25) is 10.0 Å². The second kappa shape index (κ2) is 7.93. The van der Waals surface area contributed by atoms with Crippen molar-refractivity contribution in [3.05, 3.63) is 64.2 Å². The largest absolute Gasteiger partial charge is 0.464 e. The number of primary sulfonamides is 1. The maximum Gasteiger partial charge on any atom is 0.333 e. The Labute approximate surface area is 150 Å². The van der Waals surface area contributed by atoms with E-state index in [9.17, 15) is 23.3 Å². The number of carbonyl (C=O) groups is 1. The van der Waals surface area contributed by atoms with Gasteiger partial charge < -0.3 is 10.1 Å². The van der Waals surface area contributed by atoms with E-state index in [-0.39, 0.29) is 12.3 Å². The quantitative estimate of drug-likeness (QED) is 0.425. The molecule has 0 saturated carbocycles. The Kier molecular flexibility index (Phi) is 5.90. The monoisotopic (exact) mass is 379 g/mol. The summed E-state index contributed by atoms with van der Waals surface area (Å²) in [6.07, 6.45) is 0. The van der Waals surface area contributed by atoms with Gasteiger partial charge in [-0.1, -0.05) is 30.3 Å². The molecule has 0 fully saturated rings. The van der Waals surface area contributed by atoms with Crippen molar-refractivity contribution in [3.63, 3.8) is 0 Å². The number of rotatable bonds is 7. The van der Waals surface area contributed by atoms with Gasteiger partial charge in [-0.15, -0.1) is 0 Å². The molecule has 26 heavy (non-hydrogen) atoms. The number of carbonyl (C=O) groups excluding carboxylic acids is 1. The molecule has 0 spiro atoms. The Balaban J connectivity index is 2.48. The van der Waals surface area contributed by atoms with Crippen LogP contribution in [0.25, 0.3) is 0 Å². The molecule has 0 bridgehead atoms. The van der Waals surface area contributed by atoms with Gasteiger partial charge in [0.1, 0.15) is 5.69 Å². The highest BCUT2D eigenvalue weighted by Gasteiger charge is 2.26. The molecule has 3 N–H and O–H groups in total. The van der Waals surface area contributed by atoms with E-state index in [1.165, 1.54) is 6.07 Å². The number of nitro benzene ring substituents is 1. The van der Waals surface area contributed by atoms with Crippen LogP contribution in [0.2, 0.25) is 0 Å². The van der Waals surface area contributed by atoms with Crippen LogP contribution >= 0.6 is 0 Å². The average molecular weight is 379 g/mol. The van der Waals surface area contributed by atoms with Gasteiger partial charge in [-0.25, -0.2) is 18.4 Å². The lowest BCUT2D eigenvalue weighted by molar-refractivity contribution is -0.384. The molecule has 0 aromatic heterocycles. The van der Waals surface area contributed by atoms with Gasteiger partial charge in [-0.2, -0.15) is 0 Å². The van der Waals surface area contributed by atoms with Crippen LogP contribution in [0.5, 0.6) is 0 Å². The van der Waals surface area contributed by atoms with Crippen molar-refractivity contribution in [2.75, 3.05) is 11.9 Å². The molecular formula is C16H17N3O6S. The molecule has 10 heteroatoms. The van der Waals surface area contributed by atoms with Crippen LogP contribution in [0, 0.1) is 10.1 Å². The zero-order valence-corrected chi connectivity index (χ0v) is 14.6. The van der Waals surface area contributed by atoms with E-state index < -0.39 is 37.5 Å². The van der Waals surface area contributed by atoms with E-state index in [0.717, 1.165) is 12.1 Å². The number of anilines is 1. The number of hydrogen-bond acceptors (Lipinski definition) is 7. The van der Waals surface area contributed by atoms with Crippen LogP contribution in [-0.4, -0.2) is 25.9 Å². The molecule has 2 rings (SSSR count). The van der Waals surface area contributed by atoms with Crippen LogP contribution in [0.4, 0.5) is 11.4 Å². The third-order valence-electron chi connectivity index (χ3n) is 3.45. The highest BCUT2D eigenvalue weighted by Crippen LogP contribution is 2.31. The van der Waals surface area contributed by atoms with E-state index in [1.807, 2.05) is 0 Å². The second-order valence-corrected chi connectivity index (χ2v) is 6.78. The Morgan fingerprint density at radius 2 is 1.92 bits per heavy atom. The van der Waals surface area contributed by atoms with Gasteiger partial charge >= 0.3 is 5.97 Å². The molecular weight excluding hydrogens is 362 g/mol. The van der Waals surface area contributed by atoms with Gasteiger partial charge in [0, 0.05) is 6.07 Å². The molecule has 0 unspecified atom stereocenters. The summed E-state index contributed by atoms with van der Waals surface area (Å²) in [5.74, 6) is -0.622. The minimum absolute atomic E-state index is 0.0377. The number of nitrogens with zero attached hydrogens (tertiary/aromatic N) is 1. The molecule has 0 radical (unpaired) electrons. The summed E-state index contributed by atoms with van der Waals surface area (Å²) in [5.41, 5.74) is -0.0261. The Morgan fingerprint density at radius 3 is 2.46 bits per heavy atom. The summed E-state index contributed by atoms with van der Waals surface area (Å²) in [4.78, 5) is 22.5. The molecule has 2 aromatic rings. The summed E-state index contributed by atoms with van der Waals surface area (Å²) >= 11 is 0. The molecule has 0 amide bonds. The van der Waals surface area contributed by atoms with Crippen molar-refractivity contribution in [2.24, 2.45) is 5.14 Å². The molecule has 9 nitrogen and oxygen atoms in total. The topological polar surface area (TPSA) is 142 Å². The Bertz CT molecular complexity index is 915. The molecule has 0 saturated heterocycles. The van der Waals surface area contributed by atoms with Crippen LogP contribution in [-0.2, 0) is 19.6 Å². The van der Waals surface area contributed by atoms with Crippen molar-refractivity contribution in [3.8, 4) is 0 Å². The minimum Gasteiger partial charge on any atom is -0.464 e. The first-order chi connectivity index (χ1) is 12.2. The van der Waals surface area contributed by atoms with Crippen LogP contribution in [0.1, 0.15) is 18.5 Å². The molecule has 2 aromatic carbocycles. The number of benzene rings is 2.